The van der Waals surface area contributed by atoms with Gasteiger partial charge in [0.1, 0.15) is 11.9 Å². The normalized spacial score (nSPS) is 17.3. The number of hydrogen-bond donors (Lipinski definition) is 1. The first-order valence-electron chi connectivity index (χ1n) is 8.67. The van der Waals surface area contributed by atoms with E-state index in [-0.39, 0.29) is 22.9 Å². The monoisotopic (exact) mass is 408 g/mol. The van der Waals surface area contributed by atoms with Crippen LogP contribution in [0.5, 0.6) is 11.5 Å². The molecular formula is C19H21FN2O5S. The Labute approximate surface area is 163 Å². The number of methoxy groups -OCH3 is 2. The highest BCUT2D eigenvalue weighted by molar-refractivity contribution is 7.89. The molecule has 1 N–H and O–H groups in total. The van der Waals surface area contributed by atoms with E-state index in [1.54, 1.807) is 6.07 Å². The Kier molecular flexibility index (Phi) is 5.85. The Morgan fingerprint density at radius 2 is 1.86 bits per heavy atom. The molecule has 0 bridgehead atoms. The summed E-state index contributed by atoms with van der Waals surface area (Å²) in [6.45, 7) is 0.200. The molecule has 9 heteroatoms. The predicted molar refractivity (Wildman–Crippen MR) is 101 cm³/mol. The summed E-state index contributed by atoms with van der Waals surface area (Å²) in [7, 11) is -1.08. The molecular weight excluding hydrogens is 387 g/mol. The maximum atomic E-state index is 13.8. The quantitative estimate of drug-likeness (QED) is 0.794. The predicted octanol–water partition coefficient (Wildman–Crippen LogP) is 2.63. The maximum absolute atomic E-state index is 13.8. The molecule has 1 atom stereocenters. The topological polar surface area (TPSA) is 84.9 Å². The molecule has 3 rings (SSSR count). The fraction of sp³-hybridized carbons (Fsp3) is 0.316. The van der Waals surface area contributed by atoms with Gasteiger partial charge in [0, 0.05) is 12.6 Å². The molecule has 0 spiro atoms. The van der Waals surface area contributed by atoms with Crippen LogP contribution < -0.4 is 14.8 Å². The van der Waals surface area contributed by atoms with Crippen LogP contribution in [0.15, 0.2) is 47.4 Å². The Bertz CT molecular complexity index is 980. The van der Waals surface area contributed by atoms with Gasteiger partial charge in [0.25, 0.3) is 0 Å². The Morgan fingerprint density at radius 3 is 2.54 bits per heavy atom. The van der Waals surface area contributed by atoms with Crippen LogP contribution in [0.2, 0.25) is 0 Å². The number of carbonyl (C=O) groups is 1. The van der Waals surface area contributed by atoms with Gasteiger partial charge in [0.05, 0.1) is 24.8 Å². The molecule has 0 aromatic heterocycles. The molecule has 1 aliphatic heterocycles. The summed E-state index contributed by atoms with van der Waals surface area (Å²) in [5, 5.41) is 2.48. The van der Waals surface area contributed by atoms with Crippen molar-refractivity contribution in [1.82, 2.24) is 4.31 Å². The van der Waals surface area contributed by atoms with Crippen molar-refractivity contribution in [1.29, 1.82) is 0 Å². The van der Waals surface area contributed by atoms with Crippen molar-refractivity contribution < 1.29 is 27.1 Å². The molecule has 1 aliphatic rings. The Balaban J connectivity index is 1.87. The number of sulfonamides is 1. The molecule has 1 fully saturated rings. The zero-order valence-electron chi connectivity index (χ0n) is 15.5. The molecule has 1 saturated heterocycles. The molecule has 1 unspecified atom stereocenters. The number of benzene rings is 2. The highest BCUT2D eigenvalue weighted by Crippen LogP contribution is 2.33. The summed E-state index contributed by atoms with van der Waals surface area (Å²) < 4.78 is 51.5. The zero-order chi connectivity index (χ0) is 20.3. The van der Waals surface area contributed by atoms with Gasteiger partial charge < -0.3 is 14.8 Å². The second-order valence-electron chi connectivity index (χ2n) is 6.26. The fourth-order valence-electron chi connectivity index (χ4n) is 3.18. The van der Waals surface area contributed by atoms with Gasteiger partial charge in [-0.2, -0.15) is 4.31 Å². The number of anilines is 1. The van der Waals surface area contributed by atoms with Gasteiger partial charge in [-0.1, -0.05) is 12.1 Å². The molecule has 150 valence electrons. The van der Waals surface area contributed by atoms with E-state index in [1.165, 1.54) is 50.6 Å². The lowest BCUT2D eigenvalue weighted by atomic mass is 10.2. The van der Waals surface area contributed by atoms with Gasteiger partial charge in [-0.3, -0.25) is 4.79 Å². The van der Waals surface area contributed by atoms with Gasteiger partial charge in [0.2, 0.25) is 15.9 Å². The van der Waals surface area contributed by atoms with E-state index < -0.39 is 27.8 Å². The van der Waals surface area contributed by atoms with Crippen LogP contribution in [0, 0.1) is 5.82 Å². The SMILES string of the molecule is COc1ccc(S(=O)(=O)N2CCCC2C(=O)Nc2ccccc2F)cc1OC. The lowest BCUT2D eigenvalue weighted by Gasteiger charge is -2.24. The highest BCUT2D eigenvalue weighted by atomic mass is 32.2. The minimum Gasteiger partial charge on any atom is -0.493 e. The van der Waals surface area contributed by atoms with Crippen LogP contribution in [0.4, 0.5) is 10.1 Å². The molecule has 2 aromatic carbocycles. The van der Waals surface area contributed by atoms with Gasteiger partial charge in [0.15, 0.2) is 11.5 Å². The van der Waals surface area contributed by atoms with E-state index in [2.05, 4.69) is 5.32 Å². The number of nitrogens with one attached hydrogen (secondary N) is 1. The highest BCUT2D eigenvalue weighted by Gasteiger charge is 2.40. The van der Waals surface area contributed by atoms with Crippen molar-refractivity contribution in [2.45, 2.75) is 23.8 Å². The van der Waals surface area contributed by atoms with Crippen LogP contribution in [-0.2, 0) is 14.8 Å². The average Bonchev–Trinajstić information content (AvgIpc) is 3.20. The van der Waals surface area contributed by atoms with Crippen LogP contribution >= 0.6 is 0 Å². The summed E-state index contributed by atoms with van der Waals surface area (Å²) in [6, 6.07) is 9.09. The molecule has 0 aliphatic carbocycles. The van der Waals surface area contributed by atoms with Crippen LogP contribution in [0.3, 0.4) is 0 Å². The molecule has 1 heterocycles. The first kappa shape index (κ1) is 20.1. The number of ether oxygens (including phenoxy) is 2. The minimum absolute atomic E-state index is 0.00394. The standard InChI is InChI=1S/C19H21FN2O5S/c1-26-17-10-9-13(12-18(17)27-2)28(24,25)22-11-5-8-16(22)19(23)21-15-7-4-3-6-14(15)20/h3-4,6-7,9-10,12,16H,5,8,11H2,1-2H3,(H,21,23). The molecule has 1 amide bonds. The van der Waals surface area contributed by atoms with E-state index in [9.17, 15) is 17.6 Å². The summed E-state index contributed by atoms with van der Waals surface area (Å²) >= 11 is 0. The summed E-state index contributed by atoms with van der Waals surface area (Å²) in [5.74, 6) is -0.471. The fourth-order valence-corrected chi connectivity index (χ4v) is 4.85. The largest absolute Gasteiger partial charge is 0.493 e. The number of halogens is 1. The van der Waals surface area contributed by atoms with Gasteiger partial charge in [-0.05, 0) is 37.1 Å². The average molecular weight is 408 g/mol. The summed E-state index contributed by atoms with van der Waals surface area (Å²) in [4.78, 5) is 12.6. The van der Waals surface area contributed by atoms with Crippen molar-refractivity contribution in [2.75, 3.05) is 26.1 Å². The second-order valence-corrected chi connectivity index (χ2v) is 8.15. The third-order valence-corrected chi connectivity index (χ3v) is 6.50. The van der Waals surface area contributed by atoms with E-state index in [0.29, 0.717) is 18.6 Å². The molecule has 0 radical (unpaired) electrons. The zero-order valence-corrected chi connectivity index (χ0v) is 16.3. The third kappa shape index (κ3) is 3.81. The molecule has 7 nitrogen and oxygen atoms in total. The van der Waals surface area contributed by atoms with E-state index in [0.717, 1.165) is 4.31 Å². The summed E-state index contributed by atoms with van der Waals surface area (Å²) in [5.41, 5.74) is 0.0165. The first-order chi connectivity index (χ1) is 13.4. The Hall–Kier alpha value is -2.65. The van der Waals surface area contributed by atoms with Crippen molar-refractivity contribution in [3.63, 3.8) is 0 Å². The van der Waals surface area contributed by atoms with E-state index >= 15 is 0 Å². The van der Waals surface area contributed by atoms with Crippen molar-refractivity contribution >= 4 is 21.6 Å². The van der Waals surface area contributed by atoms with Gasteiger partial charge in [-0.25, -0.2) is 12.8 Å². The second kappa shape index (κ2) is 8.15. The van der Waals surface area contributed by atoms with Crippen molar-refractivity contribution in [3.8, 4) is 11.5 Å². The van der Waals surface area contributed by atoms with Crippen molar-refractivity contribution in [3.05, 3.63) is 48.3 Å². The lowest BCUT2D eigenvalue weighted by Crippen LogP contribution is -2.43. The Morgan fingerprint density at radius 1 is 1.14 bits per heavy atom. The van der Waals surface area contributed by atoms with E-state index in [4.69, 9.17) is 9.47 Å². The number of hydrogen-bond acceptors (Lipinski definition) is 5. The number of para-hydroxylation sites is 1. The minimum atomic E-state index is -3.95. The number of carbonyl (C=O) groups excluding carboxylic acids is 1. The first-order valence-corrected chi connectivity index (χ1v) is 10.1. The molecule has 2 aromatic rings. The van der Waals surface area contributed by atoms with Crippen LogP contribution in [-0.4, -0.2) is 45.4 Å². The number of nitrogens with zero attached hydrogens (tertiary/aromatic N) is 1. The van der Waals surface area contributed by atoms with Gasteiger partial charge >= 0.3 is 0 Å². The smallest absolute Gasteiger partial charge is 0.243 e. The van der Waals surface area contributed by atoms with Gasteiger partial charge in [-0.15, -0.1) is 0 Å². The van der Waals surface area contributed by atoms with E-state index in [1.807, 2.05) is 0 Å². The number of rotatable bonds is 6. The van der Waals surface area contributed by atoms with Crippen molar-refractivity contribution in [2.24, 2.45) is 0 Å². The number of amides is 1. The summed E-state index contributed by atoms with van der Waals surface area (Å²) in [6.07, 6.45) is 0.884. The van der Waals surface area contributed by atoms with Crippen LogP contribution in [0.25, 0.3) is 0 Å². The molecule has 28 heavy (non-hydrogen) atoms. The maximum Gasteiger partial charge on any atom is 0.243 e. The van der Waals surface area contributed by atoms with Crippen LogP contribution in [0.1, 0.15) is 12.8 Å². The lowest BCUT2D eigenvalue weighted by molar-refractivity contribution is -0.119. The molecule has 0 saturated carbocycles. The third-order valence-electron chi connectivity index (χ3n) is 4.60.